The van der Waals surface area contributed by atoms with Crippen molar-refractivity contribution in [2.24, 2.45) is 5.73 Å². The maximum absolute atomic E-state index is 12.3. The Morgan fingerprint density at radius 3 is 1.81 bits per heavy atom. The Morgan fingerprint density at radius 1 is 1.06 bits per heavy atom. The van der Waals surface area contributed by atoms with Crippen molar-refractivity contribution in [3.8, 4) is 12.1 Å². The number of halogens is 3. The number of hydrogen-bond donors (Lipinski definition) is 1. The number of nitrogens with zero attached hydrogens (tertiary/aromatic N) is 2. The van der Waals surface area contributed by atoms with E-state index < -0.39 is 12.2 Å². The SMILES string of the molecule is N#Cc1cc(C#N)cc([C@@H](N)C(F)(F)F)c1. The van der Waals surface area contributed by atoms with Crippen LogP contribution in [-0.4, -0.2) is 6.18 Å². The van der Waals surface area contributed by atoms with E-state index in [2.05, 4.69) is 0 Å². The van der Waals surface area contributed by atoms with Crippen LogP contribution in [0.15, 0.2) is 18.2 Å². The third kappa shape index (κ3) is 2.50. The Kier molecular flexibility index (Phi) is 3.17. The summed E-state index contributed by atoms with van der Waals surface area (Å²) in [6.45, 7) is 0. The van der Waals surface area contributed by atoms with Crippen molar-refractivity contribution in [3.63, 3.8) is 0 Å². The van der Waals surface area contributed by atoms with Gasteiger partial charge in [0.05, 0.1) is 23.3 Å². The van der Waals surface area contributed by atoms with Crippen LogP contribution in [0.2, 0.25) is 0 Å². The summed E-state index contributed by atoms with van der Waals surface area (Å²) in [7, 11) is 0. The van der Waals surface area contributed by atoms with Gasteiger partial charge in [0, 0.05) is 0 Å². The van der Waals surface area contributed by atoms with Crippen molar-refractivity contribution in [3.05, 3.63) is 34.9 Å². The van der Waals surface area contributed by atoms with Crippen LogP contribution in [0, 0.1) is 22.7 Å². The maximum Gasteiger partial charge on any atom is 0.407 e. The van der Waals surface area contributed by atoms with Gasteiger partial charge in [0.1, 0.15) is 6.04 Å². The van der Waals surface area contributed by atoms with Gasteiger partial charge in [-0.15, -0.1) is 0 Å². The van der Waals surface area contributed by atoms with Crippen LogP contribution < -0.4 is 5.73 Å². The molecule has 16 heavy (non-hydrogen) atoms. The van der Waals surface area contributed by atoms with Crippen molar-refractivity contribution in [2.75, 3.05) is 0 Å². The predicted octanol–water partition coefficient (Wildman–Crippen LogP) is 1.99. The molecule has 3 nitrogen and oxygen atoms in total. The molecule has 82 valence electrons. The van der Waals surface area contributed by atoms with E-state index in [4.69, 9.17) is 16.3 Å². The summed E-state index contributed by atoms with van der Waals surface area (Å²) >= 11 is 0. The first-order valence-corrected chi connectivity index (χ1v) is 4.16. The van der Waals surface area contributed by atoms with Crippen LogP contribution in [0.1, 0.15) is 22.7 Å². The molecule has 0 aliphatic heterocycles. The molecule has 0 spiro atoms. The number of benzene rings is 1. The van der Waals surface area contributed by atoms with Crippen LogP contribution in [-0.2, 0) is 0 Å². The summed E-state index contributed by atoms with van der Waals surface area (Å²) in [6, 6.07) is 4.42. The van der Waals surface area contributed by atoms with Crippen molar-refractivity contribution in [1.29, 1.82) is 10.5 Å². The van der Waals surface area contributed by atoms with Gasteiger partial charge < -0.3 is 5.73 Å². The van der Waals surface area contributed by atoms with E-state index in [9.17, 15) is 13.2 Å². The number of nitriles is 2. The molecule has 1 aromatic rings. The molecular formula is C10H6F3N3. The smallest absolute Gasteiger partial charge is 0.316 e. The van der Waals surface area contributed by atoms with Gasteiger partial charge in [-0.3, -0.25) is 0 Å². The van der Waals surface area contributed by atoms with Gasteiger partial charge in [-0.05, 0) is 23.8 Å². The molecule has 2 N–H and O–H groups in total. The second kappa shape index (κ2) is 4.21. The zero-order chi connectivity index (χ0) is 12.3. The van der Waals surface area contributed by atoms with Crippen molar-refractivity contribution in [1.82, 2.24) is 0 Å². The predicted molar refractivity (Wildman–Crippen MR) is 48.9 cm³/mol. The fraction of sp³-hybridized carbons (Fsp3) is 0.200. The first-order valence-electron chi connectivity index (χ1n) is 4.16. The van der Waals surface area contributed by atoms with Crippen molar-refractivity contribution in [2.45, 2.75) is 12.2 Å². The molecule has 1 rings (SSSR count). The average molecular weight is 225 g/mol. The lowest BCUT2D eigenvalue weighted by Crippen LogP contribution is -2.28. The zero-order valence-electron chi connectivity index (χ0n) is 7.92. The minimum atomic E-state index is -4.60. The lowest BCUT2D eigenvalue weighted by Gasteiger charge is -2.16. The van der Waals surface area contributed by atoms with Gasteiger partial charge >= 0.3 is 6.18 Å². The molecule has 0 aromatic heterocycles. The normalized spacial score (nSPS) is 12.6. The highest BCUT2D eigenvalue weighted by Crippen LogP contribution is 2.31. The summed E-state index contributed by atoms with van der Waals surface area (Å²) in [5, 5.41) is 17.2. The number of hydrogen-bond acceptors (Lipinski definition) is 3. The Hall–Kier alpha value is -2.05. The van der Waals surface area contributed by atoms with Crippen LogP contribution in [0.5, 0.6) is 0 Å². The topological polar surface area (TPSA) is 73.6 Å². The zero-order valence-corrected chi connectivity index (χ0v) is 7.92. The Morgan fingerprint density at radius 2 is 1.50 bits per heavy atom. The van der Waals surface area contributed by atoms with Gasteiger partial charge in [0.2, 0.25) is 0 Å². The Labute approximate surface area is 89.5 Å². The summed E-state index contributed by atoms with van der Waals surface area (Å²) in [6.07, 6.45) is -4.60. The number of alkyl halides is 3. The van der Waals surface area contributed by atoms with Crippen LogP contribution in [0.3, 0.4) is 0 Å². The average Bonchev–Trinajstić information content (AvgIpc) is 2.26. The van der Waals surface area contributed by atoms with Gasteiger partial charge in [-0.2, -0.15) is 23.7 Å². The summed E-state index contributed by atoms with van der Waals surface area (Å²) in [5.74, 6) is 0. The second-order valence-corrected chi connectivity index (χ2v) is 3.09. The Bertz CT molecular complexity index is 447. The first-order chi connectivity index (χ1) is 7.38. The van der Waals surface area contributed by atoms with Crippen LogP contribution in [0.25, 0.3) is 0 Å². The van der Waals surface area contributed by atoms with Crippen LogP contribution in [0.4, 0.5) is 13.2 Å². The fourth-order valence-corrected chi connectivity index (χ4v) is 1.15. The van der Waals surface area contributed by atoms with Crippen LogP contribution >= 0.6 is 0 Å². The highest BCUT2D eigenvalue weighted by Gasteiger charge is 2.38. The second-order valence-electron chi connectivity index (χ2n) is 3.09. The third-order valence-corrected chi connectivity index (χ3v) is 1.93. The number of nitrogens with two attached hydrogens (primary N) is 1. The van der Waals surface area contributed by atoms with E-state index in [1.807, 2.05) is 0 Å². The van der Waals surface area contributed by atoms with E-state index in [1.54, 1.807) is 12.1 Å². The summed E-state index contributed by atoms with van der Waals surface area (Å²) in [5.41, 5.74) is 4.65. The molecule has 0 aliphatic carbocycles. The van der Waals surface area contributed by atoms with Gasteiger partial charge in [-0.25, -0.2) is 0 Å². The fourth-order valence-electron chi connectivity index (χ4n) is 1.15. The molecule has 0 aliphatic rings. The molecule has 1 aromatic carbocycles. The van der Waals surface area contributed by atoms with E-state index >= 15 is 0 Å². The van der Waals surface area contributed by atoms with E-state index in [0.717, 1.165) is 12.1 Å². The molecule has 6 heteroatoms. The van der Waals surface area contributed by atoms with Gasteiger partial charge in [0.15, 0.2) is 0 Å². The van der Waals surface area contributed by atoms with E-state index in [1.165, 1.54) is 6.07 Å². The molecule has 0 saturated carbocycles. The number of rotatable bonds is 1. The maximum atomic E-state index is 12.3. The lowest BCUT2D eigenvalue weighted by molar-refractivity contribution is -0.149. The summed E-state index contributed by atoms with van der Waals surface area (Å²) < 4.78 is 36.9. The van der Waals surface area contributed by atoms with Gasteiger partial charge in [0.25, 0.3) is 0 Å². The van der Waals surface area contributed by atoms with Crippen molar-refractivity contribution < 1.29 is 13.2 Å². The highest BCUT2D eigenvalue weighted by atomic mass is 19.4. The molecule has 1 atom stereocenters. The molecule has 0 unspecified atom stereocenters. The van der Waals surface area contributed by atoms with E-state index in [0.29, 0.717) is 0 Å². The molecular weight excluding hydrogens is 219 g/mol. The molecule has 0 amide bonds. The minimum absolute atomic E-state index is 0.0197. The minimum Gasteiger partial charge on any atom is -0.316 e. The van der Waals surface area contributed by atoms with Gasteiger partial charge in [-0.1, -0.05) is 0 Å². The largest absolute Gasteiger partial charge is 0.407 e. The van der Waals surface area contributed by atoms with Crippen molar-refractivity contribution >= 4 is 0 Å². The first kappa shape index (κ1) is 12.0. The molecule has 0 heterocycles. The Balaban J connectivity index is 3.26. The van der Waals surface area contributed by atoms with E-state index in [-0.39, 0.29) is 16.7 Å². The standard InChI is InChI=1S/C10H6F3N3/c11-10(12,13)9(16)8-2-6(4-14)1-7(3-8)5-15/h1-3,9H,16H2/t9-/m1/s1. The summed E-state index contributed by atoms with van der Waals surface area (Å²) in [4.78, 5) is 0. The molecule has 0 saturated heterocycles. The molecule has 0 bridgehead atoms. The lowest BCUT2D eigenvalue weighted by atomic mass is 10.0. The molecule has 0 fully saturated rings. The highest BCUT2D eigenvalue weighted by molar-refractivity contribution is 5.43. The third-order valence-electron chi connectivity index (χ3n) is 1.93. The quantitative estimate of drug-likeness (QED) is 0.794. The molecule has 0 radical (unpaired) electrons. The monoisotopic (exact) mass is 225 g/mol.